The van der Waals surface area contributed by atoms with Crippen LogP contribution in [-0.2, 0) is 65.4 Å². The molecule has 0 bridgehead atoms. The lowest BCUT2D eigenvalue weighted by Crippen LogP contribution is -2.30. The Morgan fingerprint density at radius 1 is 0.329 bits per heavy atom. The summed E-state index contributed by atoms with van der Waals surface area (Å²) in [5.41, 5.74) is 0. The van der Waals surface area contributed by atoms with Gasteiger partial charge in [-0.15, -0.1) is 0 Å². The van der Waals surface area contributed by atoms with Gasteiger partial charge in [-0.1, -0.05) is 260 Å². The summed E-state index contributed by atoms with van der Waals surface area (Å²) < 4.78 is 67.9. The number of hydrogen-bond acceptors (Lipinski definition) is 15. The number of ether oxygens (including phenoxy) is 4. The highest BCUT2D eigenvalue weighted by atomic mass is 31.2. The van der Waals surface area contributed by atoms with Gasteiger partial charge in [-0.25, -0.2) is 9.13 Å². The fraction of sp³-hybridized carbons (Fsp3) is 0.937. The van der Waals surface area contributed by atoms with Crippen LogP contribution in [0.4, 0.5) is 0 Å². The highest BCUT2D eigenvalue weighted by molar-refractivity contribution is 7.47. The van der Waals surface area contributed by atoms with E-state index < -0.39 is 97.5 Å². The second-order valence-electron chi connectivity index (χ2n) is 23.7. The predicted molar refractivity (Wildman–Crippen MR) is 326 cm³/mol. The molecule has 0 saturated heterocycles. The van der Waals surface area contributed by atoms with Crippen LogP contribution in [0.5, 0.6) is 0 Å². The lowest BCUT2D eigenvalue weighted by atomic mass is 10.0. The summed E-state index contributed by atoms with van der Waals surface area (Å²) in [5.74, 6) is -0.675. The van der Waals surface area contributed by atoms with Gasteiger partial charge < -0.3 is 33.8 Å². The summed E-state index contributed by atoms with van der Waals surface area (Å²) in [6.45, 7) is 9.40. The van der Waals surface area contributed by atoms with Gasteiger partial charge in [0.05, 0.1) is 26.4 Å². The topological polar surface area (TPSA) is 237 Å². The van der Waals surface area contributed by atoms with Gasteiger partial charge in [-0.3, -0.25) is 37.3 Å². The maximum absolute atomic E-state index is 13.0. The van der Waals surface area contributed by atoms with Crippen LogP contribution < -0.4 is 0 Å². The van der Waals surface area contributed by atoms with Gasteiger partial charge in [0.25, 0.3) is 0 Å². The molecule has 82 heavy (non-hydrogen) atoms. The molecule has 0 aromatic heterocycles. The molecule has 486 valence electrons. The number of aliphatic hydroxyl groups excluding tert-OH is 1. The van der Waals surface area contributed by atoms with Gasteiger partial charge in [-0.05, 0) is 37.5 Å². The summed E-state index contributed by atoms with van der Waals surface area (Å²) in [5, 5.41) is 10.5. The van der Waals surface area contributed by atoms with Gasteiger partial charge >= 0.3 is 39.5 Å². The van der Waals surface area contributed by atoms with Crippen LogP contribution in [0, 0.1) is 11.8 Å². The summed E-state index contributed by atoms with van der Waals surface area (Å²) in [4.78, 5) is 72.1. The molecule has 0 aliphatic heterocycles. The van der Waals surface area contributed by atoms with E-state index in [4.69, 9.17) is 37.0 Å². The molecule has 5 atom stereocenters. The molecule has 0 aromatic carbocycles. The van der Waals surface area contributed by atoms with Crippen LogP contribution in [-0.4, -0.2) is 96.7 Å². The quantitative estimate of drug-likeness (QED) is 0.0222. The van der Waals surface area contributed by atoms with E-state index in [2.05, 4.69) is 41.5 Å². The van der Waals surface area contributed by atoms with E-state index in [1.807, 2.05) is 0 Å². The number of rotatable bonds is 62. The standard InChI is InChI=1S/C63H122O17P2/c1-7-9-11-13-15-17-18-21-29-35-41-47-62(67)79-58(51-73-60(65)45-39-33-27-16-14-12-10-8-2)53-77-81(69,70)75-49-57(64)50-76-82(71,72)78-54-59(52-74-61(66)46-40-34-28-24-23-26-32-38-44-56(5)6)80-63(68)48-42-36-30-22-19-20-25-31-37-43-55(3)4/h55-59,64H,7-54H2,1-6H3,(H,69,70)(H,71,72)/t57-,58+,59+/m0/s1. The van der Waals surface area contributed by atoms with Gasteiger partial charge in [0.1, 0.15) is 19.3 Å². The van der Waals surface area contributed by atoms with Crippen LogP contribution in [0.3, 0.4) is 0 Å². The highest BCUT2D eigenvalue weighted by Crippen LogP contribution is 2.45. The second kappa shape index (κ2) is 55.6. The van der Waals surface area contributed by atoms with E-state index in [0.29, 0.717) is 25.7 Å². The van der Waals surface area contributed by atoms with Crippen molar-refractivity contribution in [3.05, 3.63) is 0 Å². The third-order valence-corrected chi connectivity index (χ3v) is 16.4. The van der Waals surface area contributed by atoms with E-state index in [-0.39, 0.29) is 25.7 Å². The maximum atomic E-state index is 13.0. The summed E-state index contributed by atoms with van der Waals surface area (Å²) in [6.07, 6.45) is 37.6. The number of phosphoric ester groups is 2. The number of phosphoric acid groups is 2. The van der Waals surface area contributed by atoms with Crippen LogP contribution in [0.2, 0.25) is 0 Å². The summed E-state index contributed by atoms with van der Waals surface area (Å²) >= 11 is 0. The molecule has 0 radical (unpaired) electrons. The minimum absolute atomic E-state index is 0.105. The number of aliphatic hydroxyl groups is 1. The van der Waals surface area contributed by atoms with Crippen LogP contribution in [0.15, 0.2) is 0 Å². The molecule has 3 N–H and O–H groups in total. The Morgan fingerprint density at radius 3 is 0.829 bits per heavy atom. The van der Waals surface area contributed by atoms with Crippen molar-refractivity contribution in [2.75, 3.05) is 39.6 Å². The first-order valence-electron chi connectivity index (χ1n) is 33.0. The third-order valence-electron chi connectivity index (χ3n) is 14.5. The van der Waals surface area contributed by atoms with Gasteiger partial charge in [0.15, 0.2) is 12.2 Å². The Hall–Kier alpha value is -1.94. The van der Waals surface area contributed by atoms with Crippen LogP contribution in [0.1, 0.15) is 311 Å². The monoisotopic (exact) mass is 1210 g/mol. The molecule has 0 amide bonds. The van der Waals surface area contributed by atoms with Gasteiger partial charge in [0, 0.05) is 25.7 Å². The molecule has 0 aromatic rings. The summed E-state index contributed by atoms with van der Waals surface area (Å²) in [6, 6.07) is 0. The highest BCUT2D eigenvalue weighted by Gasteiger charge is 2.30. The van der Waals surface area contributed by atoms with Gasteiger partial charge in [0.2, 0.25) is 0 Å². The number of carbonyl (C=O) groups is 4. The van der Waals surface area contributed by atoms with Crippen LogP contribution in [0.25, 0.3) is 0 Å². The Morgan fingerprint density at radius 2 is 0.561 bits per heavy atom. The maximum Gasteiger partial charge on any atom is 0.472 e. The van der Waals surface area contributed by atoms with E-state index in [9.17, 15) is 43.2 Å². The first-order chi connectivity index (χ1) is 39.4. The first-order valence-corrected chi connectivity index (χ1v) is 36.0. The molecule has 19 heteroatoms. The van der Waals surface area contributed by atoms with E-state index >= 15 is 0 Å². The molecule has 17 nitrogen and oxygen atoms in total. The predicted octanol–water partition coefficient (Wildman–Crippen LogP) is 17.3. The Kier molecular flexibility index (Phi) is 54.3. The minimum Gasteiger partial charge on any atom is -0.462 e. The molecular formula is C63H122O17P2. The molecule has 0 rings (SSSR count). The molecule has 0 heterocycles. The van der Waals surface area contributed by atoms with E-state index in [1.165, 1.54) is 122 Å². The molecule has 0 aliphatic carbocycles. The molecule has 0 spiro atoms. The second-order valence-corrected chi connectivity index (χ2v) is 26.7. The van der Waals surface area contributed by atoms with Crippen LogP contribution >= 0.6 is 15.6 Å². The smallest absolute Gasteiger partial charge is 0.462 e. The average Bonchev–Trinajstić information content (AvgIpc) is 3.44. The first kappa shape index (κ1) is 80.1. The normalized spacial score (nSPS) is 14.3. The SMILES string of the molecule is CCCCCCCCCCCCCC(=O)O[C@H](COC(=O)CCCCCCCCCC)COP(=O)(O)OC[C@H](O)COP(=O)(O)OC[C@@H](COC(=O)CCCCCCCCCCC(C)C)OC(=O)CCCCCCCCCCCC(C)C. The van der Waals surface area contributed by atoms with Crippen molar-refractivity contribution in [2.45, 2.75) is 330 Å². The fourth-order valence-electron chi connectivity index (χ4n) is 9.35. The molecule has 0 saturated carbocycles. The average molecular weight is 1210 g/mol. The molecule has 2 unspecified atom stereocenters. The fourth-order valence-corrected chi connectivity index (χ4v) is 10.9. The van der Waals surface area contributed by atoms with Gasteiger partial charge in [-0.2, -0.15) is 0 Å². The number of esters is 4. The van der Waals surface area contributed by atoms with Crippen molar-refractivity contribution < 1.29 is 80.2 Å². The Balaban J connectivity index is 5.23. The van der Waals surface area contributed by atoms with Crippen molar-refractivity contribution in [1.82, 2.24) is 0 Å². The summed E-state index contributed by atoms with van der Waals surface area (Å²) in [7, 11) is -9.88. The van der Waals surface area contributed by atoms with E-state index in [1.54, 1.807) is 0 Å². The van der Waals surface area contributed by atoms with Crippen molar-refractivity contribution >= 4 is 39.5 Å². The zero-order chi connectivity index (χ0) is 60.8. The molecular weight excluding hydrogens is 1090 g/mol. The Labute approximate surface area is 498 Å². The zero-order valence-electron chi connectivity index (χ0n) is 52.8. The number of carbonyl (C=O) groups excluding carboxylic acids is 4. The minimum atomic E-state index is -4.94. The Bertz CT molecular complexity index is 1620. The zero-order valence-corrected chi connectivity index (χ0v) is 54.6. The van der Waals surface area contributed by atoms with Crippen molar-refractivity contribution in [3.8, 4) is 0 Å². The lowest BCUT2D eigenvalue weighted by molar-refractivity contribution is -0.161. The molecule has 0 aliphatic rings. The lowest BCUT2D eigenvalue weighted by Gasteiger charge is -2.21. The van der Waals surface area contributed by atoms with Crippen molar-refractivity contribution in [2.24, 2.45) is 11.8 Å². The largest absolute Gasteiger partial charge is 0.472 e. The van der Waals surface area contributed by atoms with Crippen molar-refractivity contribution in [1.29, 1.82) is 0 Å². The number of hydrogen-bond donors (Lipinski definition) is 3. The van der Waals surface area contributed by atoms with Crippen molar-refractivity contribution in [3.63, 3.8) is 0 Å². The molecule has 0 fully saturated rings. The third kappa shape index (κ3) is 57.2. The van der Waals surface area contributed by atoms with E-state index in [0.717, 1.165) is 108 Å². The number of unbranched alkanes of at least 4 members (excludes halogenated alkanes) is 32.